The molecule has 2 aromatic heterocycles. The van der Waals surface area contributed by atoms with Gasteiger partial charge in [-0.3, -0.25) is 9.36 Å². The summed E-state index contributed by atoms with van der Waals surface area (Å²) in [6.45, 7) is 9.72. The molecule has 1 aliphatic carbocycles. The quantitative estimate of drug-likeness (QED) is 0.809. The number of thiophene rings is 1. The van der Waals surface area contributed by atoms with Gasteiger partial charge in [-0.05, 0) is 54.8 Å². The number of fused-ring (bicyclic) bond motifs is 3. The molecule has 0 saturated carbocycles. The minimum Gasteiger partial charge on any atom is -0.323 e. The van der Waals surface area contributed by atoms with Gasteiger partial charge in [-0.25, -0.2) is 0 Å². The van der Waals surface area contributed by atoms with Crippen molar-refractivity contribution in [3.05, 3.63) is 25.6 Å². The third kappa shape index (κ3) is 2.58. The fourth-order valence-electron chi connectivity index (χ4n) is 3.46. The van der Waals surface area contributed by atoms with Crippen LogP contribution in [0.2, 0.25) is 0 Å². The van der Waals surface area contributed by atoms with Gasteiger partial charge < -0.3 is 4.98 Å². The number of aromatic amines is 1. The maximum atomic E-state index is 12.8. The van der Waals surface area contributed by atoms with E-state index in [1.807, 2.05) is 0 Å². The Balaban J connectivity index is 2.16. The maximum absolute atomic E-state index is 12.8. The van der Waals surface area contributed by atoms with Gasteiger partial charge in [-0.2, -0.15) is 0 Å². The summed E-state index contributed by atoms with van der Waals surface area (Å²) in [6, 6.07) is 0. The molecule has 0 radical (unpaired) electrons. The van der Waals surface area contributed by atoms with E-state index in [1.165, 1.54) is 16.9 Å². The number of hydrogen-bond donors (Lipinski definition) is 1. The van der Waals surface area contributed by atoms with Crippen LogP contribution in [-0.2, 0) is 19.4 Å². The zero-order chi connectivity index (χ0) is 16.1. The van der Waals surface area contributed by atoms with Gasteiger partial charge in [0.15, 0.2) is 4.77 Å². The Morgan fingerprint density at radius 1 is 1.41 bits per heavy atom. The van der Waals surface area contributed by atoms with Crippen LogP contribution in [0.15, 0.2) is 4.79 Å². The Labute approximate surface area is 140 Å². The molecule has 3 nitrogen and oxygen atoms in total. The van der Waals surface area contributed by atoms with Crippen LogP contribution in [0.25, 0.3) is 10.2 Å². The summed E-state index contributed by atoms with van der Waals surface area (Å²) < 4.78 is 2.28. The van der Waals surface area contributed by atoms with Gasteiger partial charge in [0.25, 0.3) is 5.56 Å². The van der Waals surface area contributed by atoms with Crippen LogP contribution in [0.1, 0.15) is 51.0 Å². The smallest absolute Gasteiger partial charge is 0.263 e. The van der Waals surface area contributed by atoms with Crippen LogP contribution >= 0.6 is 23.6 Å². The van der Waals surface area contributed by atoms with Crippen LogP contribution in [0.3, 0.4) is 0 Å². The number of nitrogens with zero attached hydrogens (tertiary/aromatic N) is 1. The van der Waals surface area contributed by atoms with E-state index in [4.69, 9.17) is 12.2 Å². The summed E-state index contributed by atoms with van der Waals surface area (Å²) >= 11 is 7.11. The molecule has 1 aliphatic rings. The average Bonchev–Trinajstić information content (AvgIpc) is 2.79. The topological polar surface area (TPSA) is 37.8 Å². The van der Waals surface area contributed by atoms with Crippen LogP contribution < -0.4 is 5.56 Å². The highest BCUT2D eigenvalue weighted by atomic mass is 32.1. The molecule has 0 aromatic carbocycles. The molecule has 2 aromatic rings. The highest BCUT2D eigenvalue weighted by molar-refractivity contribution is 7.71. The third-order valence-electron chi connectivity index (χ3n) is 4.86. The summed E-state index contributed by atoms with van der Waals surface area (Å²) in [5, 5.41) is 0.898. The van der Waals surface area contributed by atoms with E-state index in [1.54, 1.807) is 15.9 Å². The Bertz CT molecular complexity index is 820. The molecule has 0 spiro atoms. The van der Waals surface area contributed by atoms with Gasteiger partial charge in [0, 0.05) is 11.4 Å². The predicted octanol–water partition coefficient (Wildman–Crippen LogP) is 4.68. The summed E-state index contributed by atoms with van der Waals surface area (Å²) in [5.41, 5.74) is 1.71. The molecule has 0 aliphatic heterocycles. The van der Waals surface area contributed by atoms with Gasteiger partial charge in [0.1, 0.15) is 4.83 Å². The largest absolute Gasteiger partial charge is 0.323 e. The van der Waals surface area contributed by atoms with Crippen LogP contribution in [0, 0.1) is 16.1 Å². The van der Waals surface area contributed by atoms with Gasteiger partial charge in [-0.1, -0.05) is 27.7 Å². The van der Waals surface area contributed by atoms with Crippen molar-refractivity contribution in [2.24, 2.45) is 11.3 Å². The minimum absolute atomic E-state index is 0.104. The van der Waals surface area contributed by atoms with E-state index in [2.05, 4.69) is 32.7 Å². The van der Waals surface area contributed by atoms with Gasteiger partial charge in [-0.15, -0.1) is 11.3 Å². The zero-order valence-electron chi connectivity index (χ0n) is 13.8. The molecule has 3 rings (SSSR count). The second kappa shape index (κ2) is 5.60. The maximum Gasteiger partial charge on any atom is 0.263 e. The van der Waals surface area contributed by atoms with E-state index in [0.717, 1.165) is 29.5 Å². The number of aryl methyl sites for hydroxylation is 1. The lowest BCUT2D eigenvalue weighted by Gasteiger charge is -2.33. The molecule has 22 heavy (non-hydrogen) atoms. The van der Waals surface area contributed by atoms with Crippen molar-refractivity contribution in [2.75, 3.05) is 0 Å². The molecule has 0 fully saturated rings. The predicted molar refractivity (Wildman–Crippen MR) is 96.5 cm³/mol. The second-order valence-corrected chi connectivity index (χ2v) is 8.89. The summed E-state index contributed by atoms with van der Waals surface area (Å²) in [6.07, 6.45) is 4.20. The van der Waals surface area contributed by atoms with E-state index < -0.39 is 0 Å². The fraction of sp³-hybridized carbons (Fsp3) is 0.647. The first-order valence-electron chi connectivity index (χ1n) is 8.10. The van der Waals surface area contributed by atoms with E-state index in [0.29, 0.717) is 22.6 Å². The molecule has 1 unspecified atom stereocenters. The Kier molecular flexibility index (Phi) is 4.06. The van der Waals surface area contributed by atoms with Crippen molar-refractivity contribution >= 4 is 33.8 Å². The highest BCUT2D eigenvalue weighted by Gasteiger charge is 2.31. The minimum atomic E-state index is 0.104. The lowest BCUT2D eigenvalue weighted by molar-refractivity contribution is 0.218. The molecule has 1 N–H and O–H groups in total. The molecule has 120 valence electrons. The van der Waals surface area contributed by atoms with E-state index in [9.17, 15) is 4.79 Å². The number of aromatic nitrogens is 2. The molecular weight excluding hydrogens is 312 g/mol. The van der Waals surface area contributed by atoms with Crippen molar-refractivity contribution in [1.29, 1.82) is 0 Å². The monoisotopic (exact) mass is 336 g/mol. The number of nitrogens with one attached hydrogen (secondary N) is 1. The van der Waals surface area contributed by atoms with Crippen molar-refractivity contribution < 1.29 is 0 Å². The number of rotatable bonds is 2. The summed E-state index contributed by atoms with van der Waals surface area (Å²) in [5.74, 6) is 0.689. The van der Waals surface area contributed by atoms with Gasteiger partial charge >= 0.3 is 0 Å². The number of hydrogen-bond acceptors (Lipinski definition) is 3. The normalized spacial score (nSPS) is 18.6. The van der Waals surface area contributed by atoms with Crippen LogP contribution in [-0.4, -0.2) is 9.55 Å². The zero-order valence-corrected chi connectivity index (χ0v) is 15.4. The van der Waals surface area contributed by atoms with E-state index in [-0.39, 0.29) is 5.56 Å². The molecule has 0 amide bonds. The lowest BCUT2D eigenvalue weighted by Crippen LogP contribution is -2.27. The Morgan fingerprint density at radius 3 is 2.77 bits per heavy atom. The van der Waals surface area contributed by atoms with Crippen LogP contribution in [0.4, 0.5) is 0 Å². The van der Waals surface area contributed by atoms with Crippen LogP contribution in [0.5, 0.6) is 0 Å². The molecule has 0 saturated heterocycles. The first kappa shape index (κ1) is 15.9. The molecule has 2 heterocycles. The first-order valence-corrected chi connectivity index (χ1v) is 9.32. The SMILES string of the molecule is CCCn1c(=S)[nH]c2sc3c(c2c1=O)CCC(C(C)(C)C)C3. The lowest BCUT2D eigenvalue weighted by atomic mass is 9.72. The summed E-state index contributed by atoms with van der Waals surface area (Å²) in [4.78, 5) is 18.5. The number of H-pyrrole nitrogens is 1. The fourth-order valence-corrected chi connectivity index (χ4v) is 5.12. The van der Waals surface area contributed by atoms with Gasteiger partial charge in [0.2, 0.25) is 0 Å². The van der Waals surface area contributed by atoms with Crippen molar-refractivity contribution in [3.63, 3.8) is 0 Å². The molecule has 1 atom stereocenters. The second-order valence-electron chi connectivity index (χ2n) is 7.40. The van der Waals surface area contributed by atoms with Crippen molar-refractivity contribution in [2.45, 2.75) is 59.9 Å². The third-order valence-corrected chi connectivity index (χ3v) is 6.35. The Hall–Kier alpha value is -0.940. The molecule has 0 bridgehead atoms. The van der Waals surface area contributed by atoms with E-state index >= 15 is 0 Å². The molecule has 5 heteroatoms. The van der Waals surface area contributed by atoms with Gasteiger partial charge in [0.05, 0.1) is 5.39 Å². The summed E-state index contributed by atoms with van der Waals surface area (Å²) in [7, 11) is 0. The Morgan fingerprint density at radius 2 is 2.14 bits per heavy atom. The standard InChI is InChI=1S/C17H24N2OS2/c1-5-8-19-15(20)13-11-7-6-10(17(2,3)4)9-12(11)22-14(13)18-16(19)21/h10H,5-9H2,1-4H3,(H,18,21). The van der Waals surface area contributed by atoms with Crippen molar-refractivity contribution in [3.8, 4) is 0 Å². The first-order chi connectivity index (χ1) is 10.3. The van der Waals surface area contributed by atoms with Crippen molar-refractivity contribution in [1.82, 2.24) is 9.55 Å². The highest BCUT2D eigenvalue weighted by Crippen LogP contribution is 2.41. The average molecular weight is 337 g/mol. The molecular formula is C17H24N2OS2.